The Labute approximate surface area is 211 Å². The minimum Gasteiger partial charge on any atom is -0.490 e. The molecule has 1 aliphatic carbocycles. The Bertz CT molecular complexity index is 1100. The van der Waals surface area contributed by atoms with E-state index < -0.39 is 0 Å². The van der Waals surface area contributed by atoms with Gasteiger partial charge in [0.05, 0.1) is 12.7 Å². The number of likely N-dealkylation sites (tertiary alicyclic amines) is 1. The standard InChI is InChI=1S/C27H35FN4O4/c1-17(2)25-29-27(36-30-25)31-11-9-18(10-12-31)16-35-24-8-7-21(13-23(24)28)19-3-5-20(6-4-19)26(34)32-14-22(33)15-32/h3,7-8,13,17-18,20,22,33H,4-6,9-12,14-16H2,1-2H3. The number of aromatic nitrogens is 2. The molecule has 3 aliphatic rings. The largest absolute Gasteiger partial charge is 0.490 e. The molecule has 0 bridgehead atoms. The van der Waals surface area contributed by atoms with Crippen LogP contribution in [0.5, 0.6) is 5.75 Å². The predicted molar refractivity (Wildman–Crippen MR) is 133 cm³/mol. The number of ether oxygens (including phenoxy) is 1. The average molecular weight is 499 g/mol. The molecule has 0 radical (unpaired) electrons. The lowest BCUT2D eigenvalue weighted by atomic mass is 9.85. The maximum Gasteiger partial charge on any atom is 0.324 e. The number of β-amino-alcohol motifs (C(OH)–C–C–N with tert-alkyl or cyclic N) is 1. The van der Waals surface area contributed by atoms with E-state index in [1.165, 1.54) is 0 Å². The summed E-state index contributed by atoms with van der Waals surface area (Å²) in [7, 11) is 0. The summed E-state index contributed by atoms with van der Waals surface area (Å²) >= 11 is 0. The molecule has 36 heavy (non-hydrogen) atoms. The highest BCUT2D eigenvalue weighted by Gasteiger charge is 2.34. The lowest BCUT2D eigenvalue weighted by molar-refractivity contribution is -0.145. The van der Waals surface area contributed by atoms with Crippen LogP contribution in [0.4, 0.5) is 10.4 Å². The molecule has 9 heteroatoms. The first-order valence-corrected chi connectivity index (χ1v) is 13.0. The zero-order chi connectivity index (χ0) is 25.2. The number of rotatable bonds is 7. The van der Waals surface area contributed by atoms with Crippen molar-refractivity contribution >= 4 is 17.5 Å². The molecule has 1 aromatic heterocycles. The summed E-state index contributed by atoms with van der Waals surface area (Å²) in [5.74, 6) is 1.29. The van der Waals surface area contributed by atoms with Gasteiger partial charge in [-0.1, -0.05) is 31.1 Å². The molecule has 2 saturated heterocycles. The van der Waals surface area contributed by atoms with E-state index in [0.29, 0.717) is 38.0 Å². The number of aliphatic hydroxyl groups is 1. The molecule has 194 valence electrons. The number of hydrogen-bond donors (Lipinski definition) is 1. The van der Waals surface area contributed by atoms with Crippen molar-refractivity contribution in [3.63, 3.8) is 0 Å². The van der Waals surface area contributed by atoms with E-state index in [0.717, 1.165) is 55.7 Å². The third kappa shape index (κ3) is 5.40. The van der Waals surface area contributed by atoms with Crippen LogP contribution in [0.1, 0.15) is 63.3 Å². The summed E-state index contributed by atoms with van der Waals surface area (Å²) in [5.41, 5.74) is 1.92. The molecular weight excluding hydrogens is 463 g/mol. The highest BCUT2D eigenvalue weighted by molar-refractivity contribution is 5.81. The summed E-state index contributed by atoms with van der Waals surface area (Å²) in [5, 5.41) is 13.5. The van der Waals surface area contributed by atoms with Crippen LogP contribution < -0.4 is 9.64 Å². The highest BCUT2D eigenvalue weighted by atomic mass is 19.1. The number of benzene rings is 1. The molecule has 2 aliphatic heterocycles. The van der Waals surface area contributed by atoms with E-state index in [1.807, 2.05) is 19.9 Å². The minimum atomic E-state index is -0.380. The second-order valence-corrected chi connectivity index (χ2v) is 10.6. The Balaban J connectivity index is 1.10. The van der Waals surface area contributed by atoms with Crippen LogP contribution in [-0.2, 0) is 4.79 Å². The molecule has 5 rings (SSSR count). The van der Waals surface area contributed by atoms with Crippen LogP contribution in [0.3, 0.4) is 0 Å². The van der Waals surface area contributed by atoms with Gasteiger partial charge in [-0.15, -0.1) is 0 Å². The lowest BCUT2D eigenvalue weighted by Gasteiger charge is -2.38. The average Bonchev–Trinajstić information content (AvgIpc) is 3.37. The van der Waals surface area contributed by atoms with E-state index in [-0.39, 0.29) is 35.4 Å². The van der Waals surface area contributed by atoms with Crippen LogP contribution in [0, 0.1) is 17.7 Å². The van der Waals surface area contributed by atoms with Crippen molar-refractivity contribution in [1.82, 2.24) is 15.0 Å². The van der Waals surface area contributed by atoms with Gasteiger partial charge in [0.25, 0.3) is 0 Å². The number of carbonyl (C=O) groups excluding carboxylic acids is 1. The molecule has 2 aromatic rings. The van der Waals surface area contributed by atoms with Gasteiger partial charge in [-0.3, -0.25) is 4.79 Å². The Kier molecular flexibility index (Phi) is 7.27. The van der Waals surface area contributed by atoms with Crippen molar-refractivity contribution < 1.29 is 23.6 Å². The van der Waals surface area contributed by atoms with E-state index in [2.05, 4.69) is 21.1 Å². The van der Waals surface area contributed by atoms with Crippen molar-refractivity contribution in [3.05, 3.63) is 41.5 Å². The number of halogens is 1. The Morgan fingerprint density at radius 2 is 2.03 bits per heavy atom. The fourth-order valence-corrected chi connectivity index (χ4v) is 5.12. The molecular formula is C27H35FN4O4. The number of amides is 1. The Hall–Kier alpha value is -2.94. The molecule has 0 saturated carbocycles. The van der Waals surface area contributed by atoms with E-state index in [9.17, 15) is 14.3 Å². The van der Waals surface area contributed by atoms with Crippen LogP contribution in [0.15, 0.2) is 28.8 Å². The smallest absolute Gasteiger partial charge is 0.324 e. The molecule has 1 amide bonds. The van der Waals surface area contributed by atoms with Crippen molar-refractivity contribution in [2.75, 3.05) is 37.7 Å². The van der Waals surface area contributed by atoms with Crippen molar-refractivity contribution in [2.24, 2.45) is 11.8 Å². The summed E-state index contributed by atoms with van der Waals surface area (Å²) < 4.78 is 26.1. The van der Waals surface area contributed by atoms with Crippen LogP contribution >= 0.6 is 0 Å². The molecule has 1 N–H and O–H groups in total. The van der Waals surface area contributed by atoms with Crippen LogP contribution in [-0.4, -0.2) is 64.9 Å². The zero-order valence-corrected chi connectivity index (χ0v) is 21.0. The molecule has 1 aromatic carbocycles. The van der Waals surface area contributed by atoms with Crippen LogP contribution in [0.25, 0.3) is 5.57 Å². The number of piperidine rings is 1. The van der Waals surface area contributed by atoms with Gasteiger partial charge < -0.3 is 24.2 Å². The fraction of sp³-hybridized carbons (Fsp3) is 0.593. The first kappa shape index (κ1) is 24.7. The number of carbonyl (C=O) groups is 1. The molecule has 3 heterocycles. The van der Waals surface area contributed by atoms with Gasteiger partial charge in [-0.2, -0.15) is 4.98 Å². The summed E-state index contributed by atoms with van der Waals surface area (Å²) in [6.07, 6.45) is 5.65. The monoisotopic (exact) mass is 498 g/mol. The van der Waals surface area contributed by atoms with E-state index >= 15 is 0 Å². The molecule has 1 unspecified atom stereocenters. The zero-order valence-electron chi connectivity index (χ0n) is 21.0. The van der Waals surface area contributed by atoms with Crippen LogP contribution in [0.2, 0.25) is 0 Å². The van der Waals surface area contributed by atoms with Crippen molar-refractivity contribution in [1.29, 1.82) is 0 Å². The van der Waals surface area contributed by atoms with Gasteiger partial charge >= 0.3 is 6.01 Å². The Morgan fingerprint density at radius 1 is 1.25 bits per heavy atom. The van der Waals surface area contributed by atoms with E-state index in [1.54, 1.807) is 17.0 Å². The number of aliphatic hydroxyl groups excluding tert-OH is 1. The quantitative estimate of drug-likeness (QED) is 0.617. The number of nitrogens with zero attached hydrogens (tertiary/aromatic N) is 4. The topological polar surface area (TPSA) is 91.9 Å². The molecule has 2 fully saturated rings. The number of anilines is 1. The van der Waals surface area contributed by atoms with E-state index in [4.69, 9.17) is 9.26 Å². The van der Waals surface area contributed by atoms with Gasteiger partial charge in [-0.05, 0) is 61.3 Å². The fourth-order valence-electron chi connectivity index (χ4n) is 5.12. The predicted octanol–water partition coefficient (Wildman–Crippen LogP) is 4.01. The third-order valence-electron chi connectivity index (χ3n) is 7.54. The minimum absolute atomic E-state index is 0.0443. The van der Waals surface area contributed by atoms with Gasteiger partial charge in [0, 0.05) is 38.0 Å². The summed E-state index contributed by atoms with van der Waals surface area (Å²) in [6.45, 7) is 7.05. The SMILES string of the molecule is CC(C)c1noc(N2CCC(COc3ccc(C4=CCC(C(=O)N5CC(O)C5)CC4)cc3F)CC2)n1. The molecule has 1 atom stereocenters. The van der Waals surface area contributed by atoms with Gasteiger partial charge in [0.2, 0.25) is 5.91 Å². The number of hydrogen-bond acceptors (Lipinski definition) is 7. The maximum absolute atomic E-state index is 14.8. The maximum atomic E-state index is 14.8. The normalized spacial score (nSPS) is 21.5. The Morgan fingerprint density at radius 3 is 2.64 bits per heavy atom. The first-order chi connectivity index (χ1) is 17.4. The molecule has 8 nitrogen and oxygen atoms in total. The molecule has 0 spiro atoms. The summed E-state index contributed by atoms with van der Waals surface area (Å²) in [6, 6.07) is 5.74. The highest BCUT2D eigenvalue weighted by Crippen LogP contribution is 2.34. The van der Waals surface area contributed by atoms with Gasteiger partial charge in [0.15, 0.2) is 17.4 Å². The van der Waals surface area contributed by atoms with Crippen molar-refractivity contribution in [3.8, 4) is 5.75 Å². The number of allylic oxidation sites excluding steroid dienone is 2. The lowest BCUT2D eigenvalue weighted by Crippen LogP contribution is -2.55. The van der Waals surface area contributed by atoms with Gasteiger partial charge in [-0.25, -0.2) is 4.39 Å². The second-order valence-electron chi connectivity index (χ2n) is 10.6. The summed E-state index contributed by atoms with van der Waals surface area (Å²) in [4.78, 5) is 20.8. The third-order valence-corrected chi connectivity index (χ3v) is 7.54. The first-order valence-electron chi connectivity index (χ1n) is 13.0. The van der Waals surface area contributed by atoms with Gasteiger partial charge in [0.1, 0.15) is 0 Å². The second kappa shape index (κ2) is 10.6. The van der Waals surface area contributed by atoms with Crippen molar-refractivity contribution in [2.45, 2.75) is 58.0 Å².